The molecule has 0 radical (unpaired) electrons. The van der Waals surface area contributed by atoms with Gasteiger partial charge in [0.2, 0.25) is 0 Å². The van der Waals surface area contributed by atoms with Crippen LogP contribution in [0, 0.1) is 0 Å². The predicted molar refractivity (Wildman–Crippen MR) is 69.3 cm³/mol. The van der Waals surface area contributed by atoms with Crippen LogP contribution in [0.25, 0.3) is 0 Å². The van der Waals surface area contributed by atoms with Crippen molar-refractivity contribution in [1.29, 1.82) is 0 Å². The largest absolute Gasteiger partial charge is 0.496 e. The molecule has 1 unspecified atom stereocenters. The van der Waals surface area contributed by atoms with Gasteiger partial charge in [-0.2, -0.15) is 0 Å². The summed E-state index contributed by atoms with van der Waals surface area (Å²) < 4.78 is 6.10. The number of carbonyl (C=O) groups is 1. The Balaban J connectivity index is 3.43. The number of carboxylic acid groups (broad SMARTS) is 1. The fourth-order valence-electron chi connectivity index (χ4n) is 1.67. The van der Waals surface area contributed by atoms with Crippen LogP contribution in [0.2, 0.25) is 0 Å². The van der Waals surface area contributed by atoms with Gasteiger partial charge in [0, 0.05) is 10.0 Å². The fraction of sp³-hybridized carbons (Fsp3) is 0.417. The molecule has 0 bridgehead atoms. The first-order valence-electron chi connectivity index (χ1n) is 5.24. The number of hydrogen-bond donors (Lipinski definition) is 2. The number of carboxylic acids is 1. The number of nitrogens with two attached hydrogens (primary N) is 1. The summed E-state index contributed by atoms with van der Waals surface area (Å²) in [7, 11) is 1.52. The lowest BCUT2D eigenvalue weighted by atomic mass is 9.96. The first kappa shape index (κ1) is 14.0. The van der Waals surface area contributed by atoms with Crippen LogP contribution in [0.5, 0.6) is 5.75 Å². The molecule has 0 fully saturated rings. The van der Waals surface area contributed by atoms with Gasteiger partial charge in [0.1, 0.15) is 11.8 Å². The Bertz CT molecular complexity index is 432. The van der Waals surface area contributed by atoms with Crippen molar-refractivity contribution in [2.75, 3.05) is 7.11 Å². The van der Waals surface area contributed by atoms with Crippen molar-refractivity contribution in [3.05, 3.63) is 27.7 Å². The Morgan fingerprint density at radius 3 is 2.35 bits per heavy atom. The van der Waals surface area contributed by atoms with Gasteiger partial charge in [-0.1, -0.05) is 29.8 Å². The van der Waals surface area contributed by atoms with Crippen molar-refractivity contribution in [2.24, 2.45) is 5.73 Å². The Morgan fingerprint density at radius 2 is 1.94 bits per heavy atom. The van der Waals surface area contributed by atoms with Crippen LogP contribution in [-0.4, -0.2) is 18.2 Å². The topological polar surface area (TPSA) is 72.5 Å². The number of aliphatic carboxylic acids is 1. The summed E-state index contributed by atoms with van der Waals surface area (Å²) in [5.41, 5.74) is 7.07. The highest BCUT2D eigenvalue weighted by Gasteiger charge is 2.22. The van der Waals surface area contributed by atoms with E-state index in [1.165, 1.54) is 7.11 Å². The molecule has 5 heteroatoms. The number of halogens is 1. The number of benzene rings is 1. The Kier molecular flexibility index (Phi) is 4.54. The Hall–Kier alpha value is -1.07. The molecule has 0 heterocycles. The summed E-state index contributed by atoms with van der Waals surface area (Å²) in [5, 5.41) is 8.98. The third-order valence-electron chi connectivity index (χ3n) is 2.54. The molecular formula is C12H16BrNO3. The highest BCUT2D eigenvalue weighted by molar-refractivity contribution is 9.10. The van der Waals surface area contributed by atoms with Gasteiger partial charge in [0.05, 0.1) is 7.11 Å². The zero-order valence-corrected chi connectivity index (χ0v) is 11.6. The molecule has 94 valence electrons. The highest BCUT2D eigenvalue weighted by atomic mass is 79.9. The van der Waals surface area contributed by atoms with Crippen molar-refractivity contribution < 1.29 is 14.6 Å². The number of hydrogen-bond acceptors (Lipinski definition) is 3. The molecule has 0 aliphatic carbocycles. The maximum absolute atomic E-state index is 11.0. The maximum atomic E-state index is 11.0. The van der Waals surface area contributed by atoms with E-state index in [0.717, 1.165) is 10.0 Å². The predicted octanol–water partition coefficient (Wildman–Crippen LogP) is 2.67. The van der Waals surface area contributed by atoms with Crippen LogP contribution in [0.3, 0.4) is 0 Å². The molecule has 1 aromatic carbocycles. The van der Waals surface area contributed by atoms with Gasteiger partial charge in [-0.3, -0.25) is 4.79 Å². The minimum absolute atomic E-state index is 0.224. The molecule has 0 spiro atoms. The van der Waals surface area contributed by atoms with E-state index >= 15 is 0 Å². The zero-order valence-electron chi connectivity index (χ0n) is 10.0. The van der Waals surface area contributed by atoms with Crippen molar-refractivity contribution >= 4 is 21.9 Å². The SMILES string of the molecule is COc1c(C(C)C)cc(Br)cc1C(N)C(=O)O. The van der Waals surface area contributed by atoms with Crippen molar-refractivity contribution in [1.82, 2.24) is 0 Å². The lowest BCUT2D eigenvalue weighted by Crippen LogP contribution is -2.22. The molecule has 1 rings (SSSR count). The Labute approximate surface area is 109 Å². The lowest BCUT2D eigenvalue weighted by Gasteiger charge is -2.18. The van der Waals surface area contributed by atoms with Crippen LogP contribution < -0.4 is 10.5 Å². The van der Waals surface area contributed by atoms with E-state index in [1.54, 1.807) is 6.07 Å². The maximum Gasteiger partial charge on any atom is 0.325 e. The third-order valence-corrected chi connectivity index (χ3v) is 3.00. The third kappa shape index (κ3) is 2.98. The molecule has 0 aliphatic heterocycles. The monoisotopic (exact) mass is 301 g/mol. The van der Waals surface area contributed by atoms with Gasteiger partial charge in [-0.25, -0.2) is 0 Å². The van der Waals surface area contributed by atoms with Crippen molar-refractivity contribution in [3.63, 3.8) is 0 Å². The van der Waals surface area contributed by atoms with Gasteiger partial charge < -0.3 is 15.6 Å². The fourth-order valence-corrected chi connectivity index (χ4v) is 2.16. The summed E-state index contributed by atoms with van der Waals surface area (Å²) in [4.78, 5) is 11.0. The van der Waals surface area contributed by atoms with Crippen LogP contribution in [-0.2, 0) is 4.79 Å². The molecule has 17 heavy (non-hydrogen) atoms. The number of methoxy groups -OCH3 is 1. The first-order chi connectivity index (χ1) is 7.88. The van der Waals surface area contributed by atoms with Crippen LogP contribution in [0.4, 0.5) is 0 Å². The normalized spacial score (nSPS) is 12.6. The molecule has 1 aromatic rings. The van der Waals surface area contributed by atoms with Crippen LogP contribution in [0.15, 0.2) is 16.6 Å². The highest BCUT2D eigenvalue weighted by Crippen LogP contribution is 2.36. The number of ether oxygens (including phenoxy) is 1. The molecule has 0 aromatic heterocycles. The minimum atomic E-state index is -1.08. The average molecular weight is 302 g/mol. The summed E-state index contributed by atoms with van der Waals surface area (Å²) in [6.45, 7) is 4.03. The molecule has 0 saturated carbocycles. The Morgan fingerprint density at radius 1 is 1.41 bits per heavy atom. The van der Waals surface area contributed by atoms with E-state index in [4.69, 9.17) is 15.6 Å². The smallest absolute Gasteiger partial charge is 0.325 e. The summed E-state index contributed by atoms with van der Waals surface area (Å²) in [6.07, 6.45) is 0. The second-order valence-electron chi connectivity index (χ2n) is 4.09. The summed E-state index contributed by atoms with van der Waals surface area (Å²) in [6, 6.07) is 2.52. The minimum Gasteiger partial charge on any atom is -0.496 e. The molecule has 3 N–H and O–H groups in total. The lowest BCUT2D eigenvalue weighted by molar-refractivity contribution is -0.138. The van der Waals surface area contributed by atoms with Crippen LogP contribution in [0.1, 0.15) is 36.9 Å². The van der Waals surface area contributed by atoms with Gasteiger partial charge in [-0.05, 0) is 23.6 Å². The molecule has 4 nitrogen and oxygen atoms in total. The second kappa shape index (κ2) is 5.51. The van der Waals surface area contributed by atoms with Crippen molar-refractivity contribution in [2.45, 2.75) is 25.8 Å². The molecule has 0 saturated heterocycles. The summed E-state index contributed by atoms with van der Waals surface area (Å²) >= 11 is 3.36. The van der Waals surface area contributed by atoms with Crippen molar-refractivity contribution in [3.8, 4) is 5.75 Å². The van der Waals surface area contributed by atoms with E-state index in [1.807, 2.05) is 19.9 Å². The first-order valence-corrected chi connectivity index (χ1v) is 6.03. The second-order valence-corrected chi connectivity index (χ2v) is 5.00. The van der Waals surface area contributed by atoms with Gasteiger partial charge in [-0.15, -0.1) is 0 Å². The van der Waals surface area contributed by atoms with Gasteiger partial charge in [0.25, 0.3) is 0 Å². The molecular weight excluding hydrogens is 286 g/mol. The molecule has 1 atom stereocenters. The van der Waals surface area contributed by atoms with Gasteiger partial charge in [0.15, 0.2) is 0 Å². The molecule has 0 amide bonds. The van der Waals surface area contributed by atoms with E-state index in [-0.39, 0.29) is 5.92 Å². The number of rotatable bonds is 4. The van der Waals surface area contributed by atoms with Crippen LogP contribution >= 0.6 is 15.9 Å². The quantitative estimate of drug-likeness (QED) is 0.897. The zero-order chi connectivity index (χ0) is 13.2. The van der Waals surface area contributed by atoms with E-state index < -0.39 is 12.0 Å². The summed E-state index contributed by atoms with van der Waals surface area (Å²) in [5.74, 6) is -0.295. The standard InChI is InChI=1S/C12H16BrNO3/c1-6(2)8-4-7(13)5-9(11(8)17-3)10(14)12(15)16/h4-6,10H,14H2,1-3H3,(H,15,16). The van der Waals surface area contributed by atoms with E-state index in [2.05, 4.69) is 15.9 Å². The van der Waals surface area contributed by atoms with E-state index in [9.17, 15) is 4.79 Å². The average Bonchev–Trinajstić information content (AvgIpc) is 2.26. The molecule has 0 aliphatic rings. The van der Waals surface area contributed by atoms with Gasteiger partial charge >= 0.3 is 5.97 Å². The van der Waals surface area contributed by atoms with E-state index in [0.29, 0.717) is 11.3 Å².